The molecule has 2 bridgehead atoms. The van der Waals surface area contributed by atoms with E-state index >= 15 is 0 Å². The van der Waals surface area contributed by atoms with Crippen LogP contribution in [0.15, 0.2) is 91.0 Å². The van der Waals surface area contributed by atoms with E-state index in [0.29, 0.717) is 30.8 Å². The molecule has 0 radical (unpaired) electrons. The third kappa shape index (κ3) is 3.21. The molecule has 1 saturated carbocycles. The van der Waals surface area contributed by atoms with Crippen molar-refractivity contribution in [2.75, 3.05) is 18.4 Å². The summed E-state index contributed by atoms with van der Waals surface area (Å²) < 4.78 is 0. The van der Waals surface area contributed by atoms with Gasteiger partial charge in [0, 0.05) is 30.1 Å². The first kappa shape index (κ1) is 20.3. The lowest BCUT2D eigenvalue weighted by Crippen LogP contribution is -2.54. The van der Waals surface area contributed by atoms with Gasteiger partial charge in [0.25, 0.3) is 0 Å². The van der Waals surface area contributed by atoms with Gasteiger partial charge in [-0.25, -0.2) is 0 Å². The van der Waals surface area contributed by atoms with Gasteiger partial charge in [0.15, 0.2) is 0 Å². The van der Waals surface area contributed by atoms with Gasteiger partial charge in [-0.1, -0.05) is 91.9 Å². The van der Waals surface area contributed by atoms with Crippen LogP contribution in [-0.2, 0) is 4.79 Å². The standard InChI is InChI=1S/C30H30N2O/c1-30(29(33)32-18-17-31-27-16-8-10-20-9-2-3-11-21(20)27)19-26-22-12-4-6-14-24(22)28(30)25-15-7-5-13-23(25)26/h2-16,22,24,26,28,31H,17-19H2,1H3,(H,32,33). The Balaban J connectivity index is 1.18. The minimum Gasteiger partial charge on any atom is -0.383 e. The van der Waals surface area contributed by atoms with Gasteiger partial charge in [-0.15, -0.1) is 0 Å². The van der Waals surface area contributed by atoms with Crippen molar-refractivity contribution in [3.63, 3.8) is 0 Å². The van der Waals surface area contributed by atoms with Crippen LogP contribution in [0.3, 0.4) is 0 Å². The van der Waals surface area contributed by atoms with E-state index in [0.717, 1.165) is 12.1 Å². The fourth-order valence-electron chi connectivity index (χ4n) is 6.71. The number of carbonyl (C=O) groups is 1. The Kier molecular flexibility index (Phi) is 4.86. The Labute approximate surface area is 195 Å². The summed E-state index contributed by atoms with van der Waals surface area (Å²) in [4.78, 5) is 13.6. The third-order valence-electron chi connectivity index (χ3n) is 8.17. The number of allylic oxidation sites excluding steroid dienone is 4. The minimum absolute atomic E-state index is 0.188. The molecule has 1 amide bonds. The van der Waals surface area contributed by atoms with Gasteiger partial charge in [0.05, 0.1) is 5.41 Å². The van der Waals surface area contributed by atoms with Crippen LogP contribution in [0.2, 0.25) is 0 Å². The first-order chi connectivity index (χ1) is 16.2. The van der Waals surface area contributed by atoms with Crippen molar-refractivity contribution in [1.82, 2.24) is 5.32 Å². The van der Waals surface area contributed by atoms with Crippen LogP contribution in [0, 0.1) is 17.3 Å². The molecule has 3 aromatic rings. The molecule has 33 heavy (non-hydrogen) atoms. The summed E-state index contributed by atoms with van der Waals surface area (Å²) >= 11 is 0. The highest BCUT2D eigenvalue weighted by Crippen LogP contribution is 2.64. The zero-order valence-corrected chi connectivity index (χ0v) is 19.0. The van der Waals surface area contributed by atoms with E-state index in [1.54, 1.807) is 0 Å². The monoisotopic (exact) mass is 434 g/mol. The number of hydrogen-bond acceptors (Lipinski definition) is 2. The average Bonchev–Trinajstić information content (AvgIpc) is 2.86. The molecule has 2 N–H and O–H groups in total. The summed E-state index contributed by atoms with van der Waals surface area (Å²) in [5, 5.41) is 9.23. The molecule has 0 aliphatic heterocycles. The number of nitrogens with one attached hydrogen (secondary N) is 2. The number of fused-ring (bicyclic) bond motifs is 2. The van der Waals surface area contributed by atoms with Gasteiger partial charge in [-0.2, -0.15) is 0 Å². The average molecular weight is 435 g/mol. The van der Waals surface area contributed by atoms with Crippen molar-refractivity contribution < 1.29 is 4.79 Å². The highest BCUT2D eigenvalue weighted by atomic mass is 16.2. The van der Waals surface area contributed by atoms with Crippen LogP contribution in [0.4, 0.5) is 5.69 Å². The normalized spacial score (nSPS) is 28.9. The van der Waals surface area contributed by atoms with E-state index in [-0.39, 0.29) is 11.8 Å². The molecule has 0 aromatic heterocycles. The van der Waals surface area contributed by atoms with E-state index in [4.69, 9.17) is 0 Å². The summed E-state index contributed by atoms with van der Waals surface area (Å²) in [6.45, 7) is 3.51. The largest absolute Gasteiger partial charge is 0.383 e. The first-order valence-corrected chi connectivity index (χ1v) is 12.1. The Morgan fingerprint density at radius 3 is 2.48 bits per heavy atom. The maximum atomic E-state index is 13.6. The van der Waals surface area contributed by atoms with Crippen molar-refractivity contribution in [2.24, 2.45) is 17.3 Å². The van der Waals surface area contributed by atoms with Crippen molar-refractivity contribution in [2.45, 2.75) is 25.2 Å². The van der Waals surface area contributed by atoms with Gasteiger partial charge in [-0.05, 0) is 46.8 Å². The van der Waals surface area contributed by atoms with Crippen LogP contribution < -0.4 is 10.6 Å². The molecule has 5 atom stereocenters. The maximum Gasteiger partial charge on any atom is 0.226 e. The summed E-state index contributed by atoms with van der Waals surface area (Å²) in [6, 6.07) is 23.5. The second-order valence-corrected chi connectivity index (χ2v) is 9.97. The molecular formula is C30H30N2O. The lowest BCUT2D eigenvalue weighted by Gasteiger charge is -2.57. The molecule has 3 nitrogen and oxygen atoms in total. The number of rotatable bonds is 5. The molecule has 5 unspecified atom stereocenters. The number of amides is 1. The van der Waals surface area contributed by atoms with E-state index < -0.39 is 5.41 Å². The fraction of sp³-hybridized carbons (Fsp3) is 0.300. The smallest absolute Gasteiger partial charge is 0.226 e. The molecular weight excluding hydrogens is 404 g/mol. The van der Waals surface area contributed by atoms with Crippen molar-refractivity contribution in [3.8, 4) is 0 Å². The van der Waals surface area contributed by atoms with Crippen LogP contribution in [0.1, 0.15) is 36.3 Å². The molecule has 166 valence electrons. The second-order valence-electron chi connectivity index (χ2n) is 9.97. The quantitative estimate of drug-likeness (QED) is 0.482. The summed E-state index contributed by atoms with van der Waals surface area (Å²) in [7, 11) is 0. The molecule has 7 rings (SSSR count). The predicted molar refractivity (Wildman–Crippen MR) is 135 cm³/mol. The van der Waals surface area contributed by atoms with Crippen LogP contribution in [-0.4, -0.2) is 19.0 Å². The number of anilines is 1. The van der Waals surface area contributed by atoms with Gasteiger partial charge in [0.1, 0.15) is 0 Å². The zero-order valence-electron chi connectivity index (χ0n) is 19.0. The van der Waals surface area contributed by atoms with Crippen LogP contribution in [0.5, 0.6) is 0 Å². The highest BCUT2D eigenvalue weighted by Gasteiger charge is 2.58. The Bertz CT molecular complexity index is 1270. The zero-order chi connectivity index (χ0) is 22.4. The molecule has 0 spiro atoms. The Morgan fingerprint density at radius 1 is 0.879 bits per heavy atom. The summed E-state index contributed by atoms with van der Waals surface area (Å²) in [5.74, 6) is 1.71. The summed E-state index contributed by atoms with van der Waals surface area (Å²) in [5.41, 5.74) is 3.55. The highest BCUT2D eigenvalue weighted by molar-refractivity contribution is 5.93. The van der Waals surface area contributed by atoms with Gasteiger partial charge < -0.3 is 10.6 Å². The number of carbonyl (C=O) groups excluding carboxylic acids is 1. The van der Waals surface area contributed by atoms with Gasteiger partial charge >= 0.3 is 0 Å². The third-order valence-corrected chi connectivity index (χ3v) is 8.17. The van der Waals surface area contributed by atoms with Crippen LogP contribution in [0.25, 0.3) is 10.8 Å². The molecule has 4 aliphatic carbocycles. The molecule has 4 aliphatic rings. The van der Waals surface area contributed by atoms with E-state index in [9.17, 15) is 4.79 Å². The van der Waals surface area contributed by atoms with E-state index in [1.807, 2.05) is 0 Å². The Hall–Kier alpha value is -3.33. The van der Waals surface area contributed by atoms with E-state index in [2.05, 4.69) is 109 Å². The lowest BCUT2D eigenvalue weighted by atomic mass is 9.46. The van der Waals surface area contributed by atoms with Crippen LogP contribution >= 0.6 is 0 Å². The molecule has 3 aromatic carbocycles. The second kappa shape index (κ2) is 7.91. The predicted octanol–water partition coefficient (Wildman–Crippen LogP) is 6.02. The van der Waals surface area contributed by atoms with Crippen molar-refractivity contribution in [1.29, 1.82) is 0 Å². The van der Waals surface area contributed by atoms with Crippen molar-refractivity contribution >= 4 is 22.4 Å². The number of hydrogen-bond donors (Lipinski definition) is 2. The SMILES string of the molecule is CC1(C(=O)NCCNc2cccc3ccccc23)CC2c3ccccc3C1C1C=CC=CC21. The molecule has 3 heteroatoms. The fourth-order valence-corrected chi connectivity index (χ4v) is 6.71. The van der Waals surface area contributed by atoms with Crippen molar-refractivity contribution in [3.05, 3.63) is 102 Å². The maximum absolute atomic E-state index is 13.6. The molecule has 0 heterocycles. The van der Waals surface area contributed by atoms with Gasteiger partial charge in [-0.3, -0.25) is 4.79 Å². The topological polar surface area (TPSA) is 41.1 Å². The van der Waals surface area contributed by atoms with Gasteiger partial charge in [0.2, 0.25) is 5.91 Å². The first-order valence-electron chi connectivity index (χ1n) is 12.1. The minimum atomic E-state index is -0.394. The Morgan fingerprint density at radius 2 is 1.61 bits per heavy atom. The van der Waals surface area contributed by atoms with E-state index in [1.165, 1.54) is 21.9 Å². The lowest BCUT2D eigenvalue weighted by molar-refractivity contribution is -0.136. The molecule has 0 saturated heterocycles. The number of benzene rings is 3. The summed E-state index contributed by atoms with van der Waals surface area (Å²) in [6.07, 6.45) is 9.96. The molecule has 1 fully saturated rings.